The van der Waals surface area contributed by atoms with Crippen molar-refractivity contribution in [1.29, 1.82) is 0 Å². The number of amides is 1. The first-order valence-electron chi connectivity index (χ1n) is 3.38. The Hall–Kier alpha value is -0.580. The predicted molar refractivity (Wildman–Crippen MR) is 42.4 cm³/mol. The molecule has 4 nitrogen and oxygen atoms in total. The van der Waals surface area contributed by atoms with Gasteiger partial charge in [0.25, 0.3) is 0 Å². The number of hydrogen-bond donors (Lipinski definition) is 1. The minimum Gasteiger partial charge on any atom is -0.274 e. The Labute approximate surface area is 67.0 Å². The van der Waals surface area contributed by atoms with Crippen molar-refractivity contribution in [3.05, 3.63) is 0 Å². The first-order valence-corrected chi connectivity index (χ1v) is 5.27. The van der Waals surface area contributed by atoms with E-state index in [1.807, 2.05) is 11.6 Å². The minimum absolute atomic E-state index is 0.246. The van der Waals surface area contributed by atoms with Crippen LogP contribution in [0.4, 0.5) is 0 Å². The molecular formula is C6H13NO3S. The normalized spacial score (nSPS) is 14.1. The number of carbonyl (C=O) groups excluding carboxylic acids is 1. The Morgan fingerprint density at radius 1 is 1.55 bits per heavy atom. The van der Waals surface area contributed by atoms with E-state index in [0.29, 0.717) is 6.42 Å². The first kappa shape index (κ1) is 10.4. The van der Waals surface area contributed by atoms with Crippen LogP contribution in [0.1, 0.15) is 20.3 Å². The van der Waals surface area contributed by atoms with Crippen LogP contribution < -0.4 is 4.72 Å². The van der Waals surface area contributed by atoms with Crippen LogP contribution in [0.25, 0.3) is 0 Å². The van der Waals surface area contributed by atoms with E-state index >= 15 is 0 Å². The molecule has 66 valence electrons. The molecule has 0 unspecified atom stereocenters. The van der Waals surface area contributed by atoms with E-state index in [1.54, 1.807) is 6.92 Å². The maximum Gasteiger partial charge on any atom is 0.236 e. The van der Waals surface area contributed by atoms with E-state index in [2.05, 4.69) is 0 Å². The highest BCUT2D eigenvalue weighted by Crippen LogP contribution is 1.99. The van der Waals surface area contributed by atoms with Crippen molar-refractivity contribution in [3.63, 3.8) is 0 Å². The summed E-state index contributed by atoms with van der Waals surface area (Å²) in [5.74, 6) is -0.681. The number of hydrogen-bond acceptors (Lipinski definition) is 3. The summed E-state index contributed by atoms with van der Waals surface area (Å²) in [7, 11) is -3.38. The zero-order valence-corrected chi connectivity index (χ0v) is 7.73. The second-order valence-electron chi connectivity index (χ2n) is 2.55. The monoisotopic (exact) mass is 179 g/mol. The Morgan fingerprint density at radius 2 is 2.00 bits per heavy atom. The molecular weight excluding hydrogens is 166 g/mol. The molecule has 0 aromatic rings. The largest absolute Gasteiger partial charge is 0.274 e. The van der Waals surface area contributed by atoms with Gasteiger partial charge in [0, 0.05) is 5.92 Å². The third-order valence-electron chi connectivity index (χ3n) is 1.35. The Balaban J connectivity index is 4.10. The van der Waals surface area contributed by atoms with E-state index in [1.165, 1.54) is 0 Å². The first-order chi connectivity index (χ1) is 4.87. The molecule has 5 heteroatoms. The lowest BCUT2D eigenvalue weighted by Crippen LogP contribution is -2.33. The van der Waals surface area contributed by atoms with Gasteiger partial charge in [0.1, 0.15) is 0 Å². The molecule has 0 rings (SSSR count). The molecule has 11 heavy (non-hydrogen) atoms. The quantitative estimate of drug-likeness (QED) is 0.668. The number of sulfonamides is 1. The molecule has 0 aromatic carbocycles. The molecule has 1 amide bonds. The van der Waals surface area contributed by atoms with Crippen molar-refractivity contribution in [2.45, 2.75) is 20.3 Å². The smallest absolute Gasteiger partial charge is 0.236 e. The second kappa shape index (κ2) is 3.71. The molecule has 1 N–H and O–H groups in total. The van der Waals surface area contributed by atoms with E-state index < -0.39 is 15.9 Å². The summed E-state index contributed by atoms with van der Waals surface area (Å²) in [6.45, 7) is 3.51. The standard InChI is InChI=1S/C6H13NO3S/c1-4-5(2)6(8)7-11(3,9)10/h5H,4H2,1-3H3,(H,7,8)/t5-/m0/s1. The molecule has 0 fully saturated rings. The van der Waals surface area contributed by atoms with Gasteiger partial charge in [0.05, 0.1) is 6.26 Å². The average Bonchev–Trinajstić information content (AvgIpc) is 1.82. The van der Waals surface area contributed by atoms with Crippen molar-refractivity contribution in [2.75, 3.05) is 6.26 Å². The van der Waals surface area contributed by atoms with Crippen molar-refractivity contribution >= 4 is 15.9 Å². The van der Waals surface area contributed by atoms with Gasteiger partial charge in [0.15, 0.2) is 0 Å². The highest BCUT2D eigenvalue weighted by molar-refractivity contribution is 7.89. The minimum atomic E-state index is -3.38. The summed E-state index contributed by atoms with van der Waals surface area (Å²) in [6.07, 6.45) is 1.61. The Morgan fingerprint density at radius 3 is 2.27 bits per heavy atom. The van der Waals surface area contributed by atoms with Crippen LogP contribution in [0, 0.1) is 5.92 Å². The zero-order valence-electron chi connectivity index (χ0n) is 6.92. The van der Waals surface area contributed by atoms with Gasteiger partial charge in [-0.25, -0.2) is 8.42 Å². The maximum absolute atomic E-state index is 10.9. The van der Waals surface area contributed by atoms with Crippen LogP contribution in [0.15, 0.2) is 0 Å². The van der Waals surface area contributed by atoms with E-state index in [-0.39, 0.29) is 5.92 Å². The summed E-state index contributed by atoms with van der Waals surface area (Å²) in [6, 6.07) is 0. The number of carbonyl (C=O) groups is 1. The zero-order chi connectivity index (χ0) is 9.07. The lowest BCUT2D eigenvalue weighted by atomic mass is 10.1. The van der Waals surface area contributed by atoms with E-state index in [4.69, 9.17) is 0 Å². The molecule has 0 aromatic heterocycles. The van der Waals surface area contributed by atoms with Gasteiger partial charge in [-0.05, 0) is 6.42 Å². The maximum atomic E-state index is 10.9. The fourth-order valence-corrected chi connectivity index (χ4v) is 1.04. The summed E-state index contributed by atoms with van der Waals surface area (Å²) in [5.41, 5.74) is 0. The van der Waals surface area contributed by atoms with E-state index in [0.717, 1.165) is 6.26 Å². The highest BCUT2D eigenvalue weighted by Gasteiger charge is 2.13. The van der Waals surface area contributed by atoms with Crippen LogP contribution in [-0.4, -0.2) is 20.6 Å². The van der Waals surface area contributed by atoms with Crippen LogP contribution in [-0.2, 0) is 14.8 Å². The third kappa shape index (κ3) is 4.78. The van der Waals surface area contributed by atoms with Gasteiger partial charge in [0.2, 0.25) is 15.9 Å². The average molecular weight is 179 g/mol. The number of nitrogens with one attached hydrogen (secondary N) is 1. The predicted octanol–water partition coefficient (Wildman–Crippen LogP) is 0.108. The summed E-state index contributed by atoms with van der Waals surface area (Å²) in [5, 5.41) is 0. The Bertz CT molecular complexity index is 232. The fourth-order valence-electron chi connectivity index (χ4n) is 0.469. The molecule has 0 saturated carbocycles. The molecule has 0 heterocycles. The van der Waals surface area contributed by atoms with Gasteiger partial charge >= 0.3 is 0 Å². The topological polar surface area (TPSA) is 63.2 Å². The fraction of sp³-hybridized carbons (Fsp3) is 0.833. The lowest BCUT2D eigenvalue weighted by molar-refractivity contribution is -0.122. The van der Waals surface area contributed by atoms with Gasteiger partial charge < -0.3 is 0 Å². The van der Waals surface area contributed by atoms with Gasteiger partial charge in [-0.2, -0.15) is 0 Å². The highest BCUT2D eigenvalue weighted by atomic mass is 32.2. The van der Waals surface area contributed by atoms with Crippen LogP contribution in [0.2, 0.25) is 0 Å². The summed E-state index contributed by atoms with van der Waals surface area (Å²) >= 11 is 0. The molecule has 0 bridgehead atoms. The second-order valence-corrected chi connectivity index (χ2v) is 4.30. The van der Waals surface area contributed by atoms with Crippen LogP contribution in [0.5, 0.6) is 0 Å². The molecule has 1 atom stereocenters. The van der Waals surface area contributed by atoms with Gasteiger partial charge in [-0.15, -0.1) is 0 Å². The third-order valence-corrected chi connectivity index (χ3v) is 1.92. The molecule has 0 aliphatic rings. The Kier molecular flexibility index (Phi) is 3.51. The van der Waals surface area contributed by atoms with Crippen molar-refractivity contribution in [1.82, 2.24) is 4.72 Å². The van der Waals surface area contributed by atoms with Crippen LogP contribution in [0.3, 0.4) is 0 Å². The molecule has 0 aliphatic carbocycles. The lowest BCUT2D eigenvalue weighted by Gasteiger charge is -2.06. The van der Waals surface area contributed by atoms with Crippen LogP contribution >= 0.6 is 0 Å². The summed E-state index contributed by atoms with van der Waals surface area (Å²) < 4.78 is 23.0. The molecule has 0 aliphatic heterocycles. The number of rotatable bonds is 3. The van der Waals surface area contributed by atoms with Gasteiger partial charge in [-0.3, -0.25) is 9.52 Å². The molecule has 0 radical (unpaired) electrons. The van der Waals surface area contributed by atoms with Crippen molar-refractivity contribution < 1.29 is 13.2 Å². The molecule has 0 saturated heterocycles. The van der Waals surface area contributed by atoms with Crippen molar-refractivity contribution in [3.8, 4) is 0 Å². The van der Waals surface area contributed by atoms with Gasteiger partial charge in [-0.1, -0.05) is 13.8 Å². The summed E-state index contributed by atoms with van der Waals surface area (Å²) in [4.78, 5) is 10.9. The van der Waals surface area contributed by atoms with E-state index in [9.17, 15) is 13.2 Å². The molecule has 0 spiro atoms. The SMILES string of the molecule is CC[C@H](C)C(=O)NS(C)(=O)=O. The van der Waals surface area contributed by atoms with Crippen molar-refractivity contribution in [2.24, 2.45) is 5.92 Å².